The average Bonchev–Trinajstić information content (AvgIpc) is 2.80. The molecule has 1 aromatic heterocycles. The van der Waals surface area contributed by atoms with Crippen LogP contribution in [0.25, 0.3) is 22.6 Å². The Bertz CT molecular complexity index is 780. The third-order valence-corrected chi connectivity index (χ3v) is 3.26. The fraction of sp³-hybridized carbons (Fsp3) is 0. The van der Waals surface area contributed by atoms with Crippen LogP contribution in [0.3, 0.4) is 0 Å². The van der Waals surface area contributed by atoms with Crippen LogP contribution >= 0.6 is 23.2 Å². The van der Waals surface area contributed by atoms with Crippen molar-refractivity contribution in [1.29, 1.82) is 0 Å². The molecule has 94 valence electrons. The first-order valence-electron chi connectivity index (χ1n) is 5.48. The van der Waals surface area contributed by atoms with Gasteiger partial charge in [0.15, 0.2) is 5.58 Å². The Hall–Kier alpha value is -1.84. The van der Waals surface area contributed by atoms with Crippen molar-refractivity contribution in [3.8, 4) is 11.5 Å². The molecule has 0 atom stereocenters. The Labute approximate surface area is 118 Å². The molecular formula is C14H7Cl2NO2. The predicted octanol–water partition coefficient (Wildman–Crippen LogP) is 4.61. The van der Waals surface area contributed by atoms with Gasteiger partial charge in [-0.25, -0.2) is 4.98 Å². The highest BCUT2D eigenvalue weighted by Crippen LogP contribution is 2.31. The summed E-state index contributed by atoms with van der Waals surface area (Å²) in [4.78, 5) is 15.1. The molecule has 3 nitrogen and oxygen atoms in total. The fourth-order valence-corrected chi connectivity index (χ4v) is 2.29. The first kappa shape index (κ1) is 12.2. The van der Waals surface area contributed by atoms with E-state index in [-0.39, 0.29) is 0 Å². The minimum Gasteiger partial charge on any atom is -0.436 e. The highest BCUT2D eigenvalue weighted by molar-refractivity contribution is 6.36. The minimum atomic E-state index is 0.403. The van der Waals surface area contributed by atoms with Crippen molar-refractivity contribution in [2.75, 3.05) is 0 Å². The van der Waals surface area contributed by atoms with Crippen molar-refractivity contribution in [3.05, 3.63) is 52.0 Å². The largest absolute Gasteiger partial charge is 0.436 e. The lowest BCUT2D eigenvalue weighted by Crippen LogP contribution is -1.80. The summed E-state index contributed by atoms with van der Waals surface area (Å²) in [6.45, 7) is 0. The van der Waals surface area contributed by atoms with Gasteiger partial charge >= 0.3 is 0 Å². The van der Waals surface area contributed by atoms with E-state index in [0.29, 0.717) is 38.2 Å². The zero-order chi connectivity index (χ0) is 13.4. The van der Waals surface area contributed by atoms with Gasteiger partial charge in [-0.2, -0.15) is 0 Å². The number of aldehydes is 1. The van der Waals surface area contributed by atoms with Crippen LogP contribution in [0, 0.1) is 0 Å². The second-order valence-corrected chi connectivity index (χ2v) is 4.83. The molecule has 1 heterocycles. The molecule has 0 spiro atoms. The van der Waals surface area contributed by atoms with Gasteiger partial charge in [-0.15, -0.1) is 0 Å². The van der Waals surface area contributed by atoms with E-state index in [2.05, 4.69) is 4.98 Å². The summed E-state index contributed by atoms with van der Waals surface area (Å²) < 4.78 is 5.62. The van der Waals surface area contributed by atoms with Gasteiger partial charge in [0, 0.05) is 10.6 Å². The van der Waals surface area contributed by atoms with Gasteiger partial charge in [0.2, 0.25) is 5.89 Å². The molecule has 0 aliphatic rings. The normalized spacial score (nSPS) is 10.8. The van der Waals surface area contributed by atoms with Crippen molar-refractivity contribution in [3.63, 3.8) is 0 Å². The Morgan fingerprint density at radius 2 is 1.95 bits per heavy atom. The molecule has 0 radical (unpaired) electrons. The highest BCUT2D eigenvalue weighted by atomic mass is 35.5. The summed E-state index contributed by atoms with van der Waals surface area (Å²) in [5, 5.41) is 1.02. The first-order chi connectivity index (χ1) is 9.17. The third-order valence-electron chi connectivity index (χ3n) is 2.71. The number of rotatable bonds is 2. The molecule has 0 saturated carbocycles. The van der Waals surface area contributed by atoms with Crippen molar-refractivity contribution in [1.82, 2.24) is 4.98 Å². The highest BCUT2D eigenvalue weighted by Gasteiger charge is 2.12. The summed E-state index contributed by atoms with van der Waals surface area (Å²) in [6.07, 6.45) is 0.767. The molecule has 3 rings (SSSR count). The molecule has 19 heavy (non-hydrogen) atoms. The maximum atomic E-state index is 10.7. The predicted molar refractivity (Wildman–Crippen MR) is 74.9 cm³/mol. The lowest BCUT2D eigenvalue weighted by Gasteiger charge is -1.98. The number of halogens is 2. The summed E-state index contributed by atoms with van der Waals surface area (Å²) in [5.41, 5.74) is 2.43. The van der Waals surface area contributed by atoms with E-state index < -0.39 is 0 Å². The lowest BCUT2D eigenvalue weighted by molar-refractivity contribution is 0.112. The molecule has 0 N–H and O–H groups in total. The number of aromatic nitrogens is 1. The Balaban J connectivity index is 2.17. The number of carbonyl (C=O) groups excluding carboxylic acids is 1. The number of hydrogen-bond acceptors (Lipinski definition) is 3. The molecule has 2 aromatic carbocycles. The summed E-state index contributed by atoms with van der Waals surface area (Å²) in [6, 6.07) is 10.1. The van der Waals surface area contributed by atoms with Gasteiger partial charge in [-0.05, 0) is 36.4 Å². The van der Waals surface area contributed by atoms with Gasteiger partial charge in [-0.1, -0.05) is 23.2 Å². The number of benzene rings is 2. The molecule has 0 unspecified atom stereocenters. The van der Waals surface area contributed by atoms with Gasteiger partial charge in [-0.3, -0.25) is 4.79 Å². The van der Waals surface area contributed by atoms with E-state index in [9.17, 15) is 4.79 Å². The number of oxazole rings is 1. The van der Waals surface area contributed by atoms with E-state index in [1.54, 1.807) is 36.4 Å². The van der Waals surface area contributed by atoms with Crippen molar-refractivity contribution < 1.29 is 9.21 Å². The van der Waals surface area contributed by atoms with Gasteiger partial charge < -0.3 is 4.42 Å². The molecule has 0 aliphatic heterocycles. The monoisotopic (exact) mass is 291 g/mol. The first-order valence-corrected chi connectivity index (χ1v) is 6.24. The van der Waals surface area contributed by atoms with E-state index >= 15 is 0 Å². The number of fused-ring (bicyclic) bond motifs is 1. The van der Waals surface area contributed by atoms with Crippen molar-refractivity contribution in [2.24, 2.45) is 0 Å². The van der Waals surface area contributed by atoms with Gasteiger partial charge in [0.25, 0.3) is 0 Å². The fourth-order valence-electron chi connectivity index (χ4n) is 1.80. The van der Waals surface area contributed by atoms with Crippen LogP contribution in [0.5, 0.6) is 0 Å². The standard InChI is InChI=1S/C14H7Cl2NO2/c15-9-2-3-10(11(16)6-9)14-17-12-5-8(7-18)1-4-13(12)19-14/h1-7H. The van der Waals surface area contributed by atoms with Crippen LogP contribution in [-0.2, 0) is 0 Å². The number of carbonyl (C=O) groups is 1. The molecule has 0 amide bonds. The van der Waals surface area contributed by atoms with Crippen LogP contribution in [-0.4, -0.2) is 11.3 Å². The maximum absolute atomic E-state index is 10.7. The lowest BCUT2D eigenvalue weighted by atomic mass is 10.2. The second kappa shape index (κ2) is 4.68. The number of nitrogens with zero attached hydrogens (tertiary/aromatic N) is 1. The second-order valence-electron chi connectivity index (χ2n) is 3.99. The molecule has 0 aliphatic carbocycles. The average molecular weight is 292 g/mol. The van der Waals surface area contributed by atoms with E-state index in [1.807, 2.05) is 0 Å². The minimum absolute atomic E-state index is 0.403. The van der Waals surface area contributed by atoms with Gasteiger partial charge in [0.05, 0.1) is 10.6 Å². The smallest absolute Gasteiger partial charge is 0.228 e. The Morgan fingerprint density at radius 3 is 2.68 bits per heavy atom. The summed E-state index contributed by atoms with van der Waals surface area (Å²) >= 11 is 12.0. The van der Waals surface area contributed by atoms with Crippen molar-refractivity contribution >= 4 is 40.6 Å². The zero-order valence-electron chi connectivity index (χ0n) is 9.56. The topological polar surface area (TPSA) is 43.1 Å². The molecular weight excluding hydrogens is 285 g/mol. The van der Waals surface area contributed by atoms with Crippen LogP contribution in [0.4, 0.5) is 0 Å². The van der Waals surface area contributed by atoms with Crippen LogP contribution in [0.2, 0.25) is 10.0 Å². The molecule has 0 bridgehead atoms. The zero-order valence-corrected chi connectivity index (χ0v) is 11.1. The Morgan fingerprint density at radius 1 is 1.11 bits per heavy atom. The van der Waals surface area contributed by atoms with E-state index in [0.717, 1.165) is 6.29 Å². The van der Waals surface area contributed by atoms with E-state index in [4.69, 9.17) is 27.6 Å². The molecule has 3 aromatic rings. The molecule has 5 heteroatoms. The Kier molecular flexibility index (Phi) is 3.01. The van der Waals surface area contributed by atoms with Crippen LogP contribution < -0.4 is 0 Å². The maximum Gasteiger partial charge on any atom is 0.228 e. The van der Waals surface area contributed by atoms with E-state index in [1.165, 1.54) is 0 Å². The van der Waals surface area contributed by atoms with Crippen LogP contribution in [0.15, 0.2) is 40.8 Å². The quantitative estimate of drug-likeness (QED) is 0.647. The molecule has 0 fully saturated rings. The third kappa shape index (κ3) is 2.23. The van der Waals surface area contributed by atoms with Crippen molar-refractivity contribution in [2.45, 2.75) is 0 Å². The van der Waals surface area contributed by atoms with Gasteiger partial charge in [0.1, 0.15) is 11.8 Å². The SMILES string of the molecule is O=Cc1ccc2oc(-c3ccc(Cl)cc3Cl)nc2c1. The summed E-state index contributed by atoms with van der Waals surface area (Å²) in [7, 11) is 0. The van der Waals surface area contributed by atoms with Crippen LogP contribution in [0.1, 0.15) is 10.4 Å². The number of hydrogen-bond donors (Lipinski definition) is 0. The summed E-state index contributed by atoms with van der Waals surface area (Å²) in [5.74, 6) is 0.403. The molecule has 0 saturated heterocycles.